The molecule has 0 spiro atoms. The topological polar surface area (TPSA) is 53.7 Å². The molecule has 4 aromatic rings. The molecule has 6 rings (SSSR count). The summed E-state index contributed by atoms with van der Waals surface area (Å²) in [5.74, 6) is 0.0107. The molecule has 1 unspecified atom stereocenters. The zero-order valence-corrected chi connectivity index (χ0v) is 16.7. The third-order valence-electron chi connectivity index (χ3n) is 6.50. The maximum atomic E-state index is 13.2. The molecule has 2 aromatic heterocycles. The van der Waals surface area contributed by atoms with Crippen molar-refractivity contribution in [3.8, 4) is 11.3 Å². The minimum absolute atomic E-state index is 0.0107. The van der Waals surface area contributed by atoms with Gasteiger partial charge in [-0.25, -0.2) is 9.50 Å². The summed E-state index contributed by atoms with van der Waals surface area (Å²) in [4.78, 5) is 22.1. The molecule has 4 heterocycles. The van der Waals surface area contributed by atoms with Gasteiger partial charge in [0.05, 0.1) is 5.69 Å². The molecule has 0 aliphatic carbocycles. The molecule has 30 heavy (non-hydrogen) atoms. The molecule has 1 atom stereocenters. The molecule has 6 nitrogen and oxygen atoms in total. The van der Waals surface area contributed by atoms with Crippen LogP contribution in [0, 0.1) is 0 Å². The van der Waals surface area contributed by atoms with Gasteiger partial charge in [0, 0.05) is 43.5 Å². The largest absolute Gasteiger partial charge is 0.334 e. The predicted molar refractivity (Wildman–Crippen MR) is 116 cm³/mol. The van der Waals surface area contributed by atoms with E-state index in [-0.39, 0.29) is 5.91 Å². The zero-order valence-electron chi connectivity index (χ0n) is 16.7. The van der Waals surface area contributed by atoms with Gasteiger partial charge in [0.25, 0.3) is 5.91 Å². The van der Waals surface area contributed by atoms with Crippen LogP contribution in [0.4, 0.5) is 0 Å². The van der Waals surface area contributed by atoms with E-state index in [1.807, 2.05) is 29.2 Å². The van der Waals surface area contributed by atoms with Crippen molar-refractivity contribution in [3.63, 3.8) is 0 Å². The molecule has 0 bridgehead atoms. The average molecular weight is 397 g/mol. The Morgan fingerprint density at radius 3 is 2.80 bits per heavy atom. The minimum Gasteiger partial charge on any atom is -0.334 e. The molecule has 1 amide bonds. The van der Waals surface area contributed by atoms with Gasteiger partial charge in [-0.05, 0) is 42.3 Å². The van der Waals surface area contributed by atoms with E-state index in [0.717, 1.165) is 30.9 Å². The summed E-state index contributed by atoms with van der Waals surface area (Å²) in [5.41, 5.74) is 3.17. The van der Waals surface area contributed by atoms with Gasteiger partial charge in [0.2, 0.25) is 0 Å². The smallest absolute Gasteiger partial charge is 0.274 e. The normalized spacial score (nSPS) is 19.5. The SMILES string of the molecule is O=C(c1cc2nccc(-c3ccc4ccccc4c3)n2n1)N1CCN2CCCC2C1. The third kappa shape index (κ3) is 2.87. The fraction of sp³-hybridized carbons (Fsp3) is 0.292. The number of fused-ring (bicyclic) bond motifs is 3. The molecule has 2 fully saturated rings. The Labute approximate surface area is 174 Å². The van der Waals surface area contributed by atoms with Crippen molar-refractivity contribution in [1.82, 2.24) is 24.4 Å². The summed E-state index contributed by atoms with van der Waals surface area (Å²) in [6, 6.07) is 19.0. The van der Waals surface area contributed by atoms with E-state index in [4.69, 9.17) is 0 Å². The molecule has 2 aromatic carbocycles. The van der Waals surface area contributed by atoms with E-state index in [0.29, 0.717) is 17.4 Å². The number of rotatable bonds is 2. The van der Waals surface area contributed by atoms with Gasteiger partial charge < -0.3 is 4.90 Å². The average Bonchev–Trinajstić information content (AvgIpc) is 3.44. The van der Waals surface area contributed by atoms with Crippen molar-refractivity contribution in [2.75, 3.05) is 26.2 Å². The van der Waals surface area contributed by atoms with Gasteiger partial charge in [-0.3, -0.25) is 9.69 Å². The van der Waals surface area contributed by atoms with Crippen molar-refractivity contribution in [2.24, 2.45) is 0 Å². The molecule has 0 saturated carbocycles. The second-order valence-corrected chi connectivity index (χ2v) is 8.27. The number of carbonyl (C=O) groups is 1. The first-order valence-corrected chi connectivity index (χ1v) is 10.6. The standard InChI is InChI=1S/C24H23N5O/c30-24(28-13-12-27-11-3-6-20(27)16-28)21-15-23-25-10-9-22(29(23)26-21)19-8-7-17-4-1-2-5-18(17)14-19/h1-2,4-5,7-10,14-15,20H,3,6,11-13,16H2. The first-order valence-electron chi connectivity index (χ1n) is 10.6. The fourth-order valence-electron chi connectivity index (χ4n) is 4.90. The quantitative estimate of drug-likeness (QED) is 0.520. The minimum atomic E-state index is 0.0107. The summed E-state index contributed by atoms with van der Waals surface area (Å²) in [7, 11) is 0. The Bertz CT molecular complexity index is 1260. The maximum absolute atomic E-state index is 13.2. The lowest BCUT2D eigenvalue weighted by Gasteiger charge is -2.37. The second-order valence-electron chi connectivity index (χ2n) is 8.27. The number of benzene rings is 2. The molecule has 0 N–H and O–H groups in total. The number of piperazine rings is 1. The molecule has 2 aliphatic rings. The highest BCUT2D eigenvalue weighted by Crippen LogP contribution is 2.26. The first-order chi connectivity index (χ1) is 14.8. The van der Waals surface area contributed by atoms with Crippen LogP contribution in [0.3, 0.4) is 0 Å². The summed E-state index contributed by atoms with van der Waals surface area (Å²) < 4.78 is 1.79. The highest BCUT2D eigenvalue weighted by molar-refractivity contribution is 5.94. The molecule has 2 saturated heterocycles. The third-order valence-corrected chi connectivity index (χ3v) is 6.50. The van der Waals surface area contributed by atoms with Crippen LogP contribution < -0.4 is 0 Å². The number of amides is 1. The van der Waals surface area contributed by atoms with E-state index >= 15 is 0 Å². The van der Waals surface area contributed by atoms with Gasteiger partial charge >= 0.3 is 0 Å². The van der Waals surface area contributed by atoms with Crippen molar-refractivity contribution < 1.29 is 4.79 Å². The van der Waals surface area contributed by atoms with Crippen LogP contribution in [0.2, 0.25) is 0 Å². The molecular formula is C24H23N5O. The Morgan fingerprint density at radius 1 is 0.967 bits per heavy atom. The van der Waals surface area contributed by atoms with E-state index in [9.17, 15) is 4.79 Å². The summed E-state index contributed by atoms with van der Waals surface area (Å²) in [6.07, 6.45) is 4.20. The molecule has 150 valence electrons. The van der Waals surface area contributed by atoms with E-state index in [1.54, 1.807) is 10.7 Å². The van der Waals surface area contributed by atoms with Crippen LogP contribution in [-0.4, -0.2) is 62.5 Å². The van der Waals surface area contributed by atoms with Crippen LogP contribution in [0.15, 0.2) is 60.8 Å². The highest BCUT2D eigenvalue weighted by atomic mass is 16.2. The number of hydrogen-bond donors (Lipinski definition) is 0. The lowest BCUT2D eigenvalue weighted by Crippen LogP contribution is -2.52. The lowest BCUT2D eigenvalue weighted by molar-refractivity contribution is 0.0565. The van der Waals surface area contributed by atoms with Crippen molar-refractivity contribution >= 4 is 22.3 Å². The van der Waals surface area contributed by atoms with Gasteiger partial charge in [-0.2, -0.15) is 5.10 Å². The molecule has 2 aliphatic heterocycles. The van der Waals surface area contributed by atoms with Gasteiger partial charge in [-0.15, -0.1) is 0 Å². The van der Waals surface area contributed by atoms with E-state index in [2.05, 4.69) is 45.3 Å². The number of aromatic nitrogens is 3. The van der Waals surface area contributed by atoms with Crippen molar-refractivity contribution in [1.29, 1.82) is 0 Å². The van der Waals surface area contributed by atoms with Crippen LogP contribution in [-0.2, 0) is 0 Å². The van der Waals surface area contributed by atoms with Gasteiger partial charge in [-0.1, -0.05) is 36.4 Å². The van der Waals surface area contributed by atoms with Crippen molar-refractivity contribution in [2.45, 2.75) is 18.9 Å². The Balaban J connectivity index is 1.36. The molecular weight excluding hydrogens is 374 g/mol. The second kappa shape index (κ2) is 6.92. The Hall–Kier alpha value is -3.25. The van der Waals surface area contributed by atoms with Gasteiger partial charge in [0.15, 0.2) is 11.3 Å². The van der Waals surface area contributed by atoms with Crippen LogP contribution in [0.5, 0.6) is 0 Å². The Morgan fingerprint density at radius 2 is 1.87 bits per heavy atom. The maximum Gasteiger partial charge on any atom is 0.274 e. The molecule has 6 heteroatoms. The zero-order chi connectivity index (χ0) is 20.1. The predicted octanol–water partition coefficient (Wildman–Crippen LogP) is 3.47. The van der Waals surface area contributed by atoms with Crippen LogP contribution in [0.25, 0.3) is 27.7 Å². The molecule has 0 radical (unpaired) electrons. The summed E-state index contributed by atoms with van der Waals surface area (Å²) >= 11 is 0. The van der Waals surface area contributed by atoms with Gasteiger partial charge in [0.1, 0.15) is 0 Å². The first kappa shape index (κ1) is 17.6. The highest BCUT2D eigenvalue weighted by Gasteiger charge is 2.33. The number of carbonyl (C=O) groups excluding carboxylic acids is 1. The van der Waals surface area contributed by atoms with E-state index < -0.39 is 0 Å². The number of nitrogens with zero attached hydrogens (tertiary/aromatic N) is 5. The lowest BCUT2D eigenvalue weighted by atomic mass is 10.1. The van der Waals surface area contributed by atoms with Crippen LogP contribution >= 0.6 is 0 Å². The Kier molecular flexibility index (Phi) is 4.06. The number of hydrogen-bond acceptors (Lipinski definition) is 4. The summed E-state index contributed by atoms with van der Waals surface area (Å²) in [5, 5.41) is 7.06. The fourth-order valence-corrected chi connectivity index (χ4v) is 4.90. The summed E-state index contributed by atoms with van der Waals surface area (Å²) in [6.45, 7) is 3.70. The monoisotopic (exact) mass is 397 g/mol. The van der Waals surface area contributed by atoms with Crippen LogP contribution in [0.1, 0.15) is 23.3 Å². The van der Waals surface area contributed by atoms with Crippen molar-refractivity contribution in [3.05, 3.63) is 66.5 Å². The van der Waals surface area contributed by atoms with E-state index in [1.165, 1.54) is 30.2 Å².